The number of nitrogens with two attached hydrogens (primary N) is 1. The molecule has 0 fully saturated rings. The summed E-state index contributed by atoms with van der Waals surface area (Å²) in [7, 11) is 0. The predicted octanol–water partition coefficient (Wildman–Crippen LogP) is 4.31. The first-order valence-electron chi connectivity index (χ1n) is 6.75. The van der Waals surface area contributed by atoms with Crippen molar-refractivity contribution in [1.82, 2.24) is 0 Å². The van der Waals surface area contributed by atoms with Crippen molar-refractivity contribution < 1.29 is 0 Å². The van der Waals surface area contributed by atoms with E-state index in [1.54, 1.807) is 11.8 Å². The Balaban J connectivity index is 1.99. The fraction of sp³-hybridized carbons (Fsp3) is 0.235. The third-order valence-corrected chi connectivity index (χ3v) is 3.71. The van der Waals surface area contributed by atoms with Crippen LogP contribution in [0.3, 0.4) is 0 Å². The Hall–Kier alpha value is -1.74. The summed E-state index contributed by atoms with van der Waals surface area (Å²) in [6.07, 6.45) is 0. The standard InChI is InChI=1S/C17H20N2S/c1-13(2)19-17(18)20-12-14-8-10-16(11-9-14)15-6-4-3-5-7-15/h3-11,13H,12H2,1-2H3,(H2,18,19). The number of nitrogens with zero attached hydrogens (tertiary/aromatic N) is 1. The van der Waals surface area contributed by atoms with Crippen LogP contribution in [0.4, 0.5) is 0 Å². The second-order valence-corrected chi connectivity index (χ2v) is 5.91. The van der Waals surface area contributed by atoms with Crippen LogP contribution in [-0.4, -0.2) is 11.2 Å². The summed E-state index contributed by atoms with van der Waals surface area (Å²) in [5.41, 5.74) is 9.60. The maximum absolute atomic E-state index is 5.86. The van der Waals surface area contributed by atoms with E-state index in [-0.39, 0.29) is 6.04 Å². The highest BCUT2D eigenvalue weighted by atomic mass is 32.2. The summed E-state index contributed by atoms with van der Waals surface area (Å²) in [6, 6.07) is 19.3. The van der Waals surface area contributed by atoms with Gasteiger partial charge in [0.2, 0.25) is 0 Å². The lowest BCUT2D eigenvalue weighted by Crippen LogP contribution is -2.09. The first-order valence-corrected chi connectivity index (χ1v) is 7.74. The summed E-state index contributed by atoms with van der Waals surface area (Å²) in [4.78, 5) is 4.31. The van der Waals surface area contributed by atoms with Crippen molar-refractivity contribution in [1.29, 1.82) is 0 Å². The molecular formula is C17H20N2S. The second-order valence-electron chi connectivity index (χ2n) is 4.91. The van der Waals surface area contributed by atoms with E-state index in [4.69, 9.17) is 5.73 Å². The Labute approximate surface area is 125 Å². The van der Waals surface area contributed by atoms with Crippen LogP contribution in [0.2, 0.25) is 0 Å². The highest BCUT2D eigenvalue weighted by Gasteiger charge is 2.00. The second kappa shape index (κ2) is 7.15. The Morgan fingerprint density at radius 2 is 1.60 bits per heavy atom. The minimum absolute atomic E-state index is 0.253. The van der Waals surface area contributed by atoms with Gasteiger partial charge in [0.05, 0.1) is 0 Å². The number of aliphatic imine (C=N–C) groups is 1. The van der Waals surface area contributed by atoms with Crippen molar-refractivity contribution in [2.45, 2.75) is 25.6 Å². The molecule has 2 aromatic rings. The van der Waals surface area contributed by atoms with Crippen molar-refractivity contribution >= 4 is 16.9 Å². The van der Waals surface area contributed by atoms with Crippen LogP contribution in [0.1, 0.15) is 19.4 Å². The normalized spacial score (nSPS) is 11.8. The fourth-order valence-corrected chi connectivity index (χ4v) is 2.67. The van der Waals surface area contributed by atoms with Gasteiger partial charge >= 0.3 is 0 Å². The van der Waals surface area contributed by atoms with E-state index in [1.165, 1.54) is 16.7 Å². The molecule has 0 saturated carbocycles. The van der Waals surface area contributed by atoms with Crippen LogP contribution >= 0.6 is 11.8 Å². The number of amidine groups is 1. The number of hydrogen-bond donors (Lipinski definition) is 1. The molecule has 0 unspecified atom stereocenters. The van der Waals surface area contributed by atoms with Gasteiger partial charge in [0, 0.05) is 11.8 Å². The zero-order valence-electron chi connectivity index (χ0n) is 11.9. The first-order chi connectivity index (χ1) is 9.65. The Morgan fingerprint density at radius 3 is 2.20 bits per heavy atom. The molecule has 2 rings (SSSR count). The molecule has 0 radical (unpaired) electrons. The highest BCUT2D eigenvalue weighted by molar-refractivity contribution is 8.13. The number of rotatable bonds is 4. The molecule has 0 aromatic heterocycles. The van der Waals surface area contributed by atoms with Crippen molar-refractivity contribution in [3.05, 3.63) is 60.2 Å². The average Bonchev–Trinajstić information content (AvgIpc) is 2.46. The van der Waals surface area contributed by atoms with Gasteiger partial charge in [-0.15, -0.1) is 0 Å². The van der Waals surface area contributed by atoms with Gasteiger partial charge in [-0.2, -0.15) is 0 Å². The molecule has 104 valence electrons. The molecule has 3 heteroatoms. The van der Waals surface area contributed by atoms with E-state index >= 15 is 0 Å². The zero-order valence-corrected chi connectivity index (χ0v) is 12.7. The van der Waals surface area contributed by atoms with Gasteiger partial charge < -0.3 is 5.73 Å². The summed E-state index contributed by atoms with van der Waals surface area (Å²) < 4.78 is 0. The van der Waals surface area contributed by atoms with Crippen molar-refractivity contribution in [3.63, 3.8) is 0 Å². The smallest absolute Gasteiger partial charge is 0.154 e. The summed E-state index contributed by atoms with van der Waals surface area (Å²) in [6.45, 7) is 4.06. The minimum atomic E-state index is 0.253. The van der Waals surface area contributed by atoms with Crippen LogP contribution < -0.4 is 5.73 Å². The zero-order chi connectivity index (χ0) is 14.4. The van der Waals surface area contributed by atoms with Crippen LogP contribution in [0.5, 0.6) is 0 Å². The molecule has 0 aliphatic carbocycles. The summed E-state index contributed by atoms with van der Waals surface area (Å²) in [5, 5.41) is 0.659. The van der Waals surface area contributed by atoms with Gasteiger partial charge in [-0.1, -0.05) is 66.4 Å². The molecule has 2 nitrogen and oxygen atoms in total. The Morgan fingerprint density at radius 1 is 1.00 bits per heavy atom. The van der Waals surface area contributed by atoms with Gasteiger partial charge in [0.1, 0.15) is 0 Å². The molecule has 2 N–H and O–H groups in total. The predicted molar refractivity (Wildman–Crippen MR) is 89.9 cm³/mol. The van der Waals surface area contributed by atoms with Crippen LogP contribution in [-0.2, 0) is 5.75 Å². The summed E-state index contributed by atoms with van der Waals surface area (Å²) in [5.74, 6) is 0.858. The minimum Gasteiger partial charge on any atom is -0.379 e. The maximum atomic E-state index is 5.86. The van der Waals surface area contributed by atoms with Gasteiger partial charge in [-0.25, -0.2) is 0 Å². The van der Waals surface area contributed by atoms with Gasteiger partial charge in [-0.05, 0) is 30.5 Å². The molecule has 20 heavy (non-hydrogen) atoms. The van der Waals surface area contributed by atoms with Crippen LogP contribution in [0.15, 0.2) is 59.6 Å². The molecule has 0 aliphatic rings. The molecule has 0 spiro atoms. The molecule has 0 heterocycles. The van der Waals surface area contributed by atoms with E-state index in [9.17, 15) is 0 Å². The largest absolute Gasteiger partial charge is 0.379 e. The first kappa shape index (κ1) is 14.7. The van der Waals surface area contributed by atoms with E-state index in [0.29, 0.717) is 5.17 Å². The summed E-state index contributed by atoms with van der Waals surface area (Å²) >= 11 is 1.59. The molecule has 0 saturated heterocycles. The van der Waals surface area contributed by atoms with E-state index in [0.717, 1.165) is 5.75 Å². The van der Waals surface area contributed by atoms with Crippen LogP contribution in [0.25, 0.3) is 11.1 Å². The molecule has 0 amide bonds. The molecular weight excluding hydrogens is 264 g/mol. The SMILES string of the molecule is CC(C)N=C(N)SCc1ccc(-c2ccccc2)cc1. The van der Waals surface area contributed by atoms with Crippen LogP contribution in [0, 0.1) is 0 Å². The third kappa shape index (κ3) is 4.42. The lowest BCUT2D eigenvalue weighted by atomic mass is 10.0. The quantitative estimate of drug-likeness (QED) is 0.671. The lowest BCUT2D eigenvalue weighted by molar-refractivity contribution is 0.838. The molecule has 0 aliphatic heterocycles. The van der Waals surface area contributed by atoms with E-state index < -0.39 is 0 Å². The molecule has 2 aromatic carbocycles. The maximum Gasteiger partial charge on any atom is 0.154 e. The van der Waals surface area contributed by atoms with Crippen molar-refractivity contribution in [2.24, 2.45) is 10.7 Å². The lowest BCUT2D eigenvalue weighted by Gasteiger charge is -2.05. The third-order valence-electron chi connectivity index (χ3n) is 2.83. The van der Waals surface area contributed by atoms with Gasteiger partial charge in [0.15, 0.2) is 5.17 Å². The number of thioether (sulfide) groups is 1. The van der Waals surface area contributed by atoms with E-state index in [1.807, 2.05) is 19.9 Å². The Kier molecular flexibility index (Phi) is 5.24. The van der Waals surface area contributed by atoms with E-state index in [2.05, 4.69) is 53.5 Å². The van der Waals surface area contributed by atoms with Gasteiger partial charge in [0.25, 0.3) is 0 Å². The monoisotopic (exact) mass is 284 g/mol. The van der Waals surface area contributed by atoms with Crippen molar-refractivity contribution in [3.8, 4) is 11.1 Å². The molecule has 0 atom stereocenters. The Bertz CT molecular complexity index is 559. The van der Waals surface area contributed by atoms with Crippen molar-refractivity contribution in [2.75, 3.05) is 0 Å². The molecule has 0 bridgehead atoms. The fourth-order valence-electron chi connectivity index (χ4n) is 1.87. The van der Waals surface area contributed by atoms with Gasteiger partial charge in [-0.3, -0.25) is 4.99 Å². The number of benzene rings is 2. The average molecular weight is 284 g/mol. The highest BCUT2D eigenvalue weighted by Crippen LogP contribution is 2.21. The number of hydrogen-bond acceptors (Lipinski definition) is 2. The topological polar surface area (TPSA) is 38.4 Å².